The Morgan fingerprint density at radius 2 is 1.86 bits per heavy atom. The van der Waals surface area contributed by atoms with Crippen molar-refractivity contribution in [1.82, 2.24) is 9.62 Å². The van der Waals surface area contributed by atoms with Crippen LogP contribution in [0.2, 0.25) is 0 Å². The molecule has 0 saturated heterocycles. The molecule has 35 heavy (non-hydrogen) atoms. The first-order valence-corrected chi connectivity index (χ1v) is 11.4. The third kappa shape index (κ3) is 6.96. The van der Waals surface area contributed by atoms with Gasteiger partial charge in [0.1, 0.15) is 5.58 Å². The van der Waals surface area contributed by atoms with Gasteiger partial charge in [-0.25, -0.2) is 13.9 Å². The van der Waals surface area contributed by atoms with Gasteiger partial charge in [0.15, 0.2) is 5.82 Å². The van der Waals surface area contributed by atoms with Gasteiger partial charge in [-0.3, -0.25) is 9.59 Å². The molecule has 0 spiro atoms. The number of carboxylic acid groups (broad SMARTS) is 1. The van der Waals surface area contributed by atoms with Gasteiger partial charge in [0.2, 0.25) is 5.91 Å². The van der Waals surface area contributed by atoms with E-state index in [2.05, 4.69) is 9.44 Å². The number of nitrogens with one attached hydrogen (secondary N) is 2. The minimum atomic E-state index is -0.572. The molecule has 0 fully saturated rings. The Bertz CT molecular complexity index is 1250. The van der Waals surface area contributed by atoms with E-state index < -0.39 is 11.4 Å². The van der Waals surface area contributed by atoms with E-state index in [1.54, 1.807) is 45.4 Å². The van der Waals surface area contributed by atoms with Crippen LogP contribution in [0.25, 0.3) is 11.0 Å². The Kier molecular flexibility index (Phi) is 10.1. The number of likely N-dealkylation sites (N-methyl/N-ethyl adjacent to an activating group) is 1. The summed E-state index contributed by atoms with van der Waals surface area (Å²) in [5.74, 6) is -0.612. The van der Waals surface area contributed by atoms with Gasteiger partial charge >= 0.3 is 5.63 Å². The van der Waals surface area contributed by atoms with Crippen LogP contribution in [-0.2, 0) is 22.4 Å². The summed E-state index contributed by atoms with van der Waals surface area (Å²) >= 11 is 1.14. The lowest BCUT2D eigenvalue weighted by molar-refractivity contribution is -0.128. The standard InChI is InChI=1S/C23H27FN4O3S.CH2O2/c1-25-32-26-19-8-6-7-14(22(19)24)11-18-17(13-21(29)28(4)5)16-10-9-15(27(2)3)12-20(16)31-23(18)30;2-1-3/h6-10,12,25-26H,11,13H2,1-5H3;1H,(H,2,3). The second-order valence-electron chi connectivity index (χ2n) is 7.86. The summed E-state index contributed by atoms with van der Waals surface area (Å²) in [5, 5.41) is 7.56. The van der Waals surface area contributed by atoms with Crippen molar-refractivity contribution in [1.29, 1.82) is 0 Å². The van der Waals surface area contributed by atoms with Crippen molar-refractivity contribution in [3.8, 4) is 0 Å². The van der Waals surface area contributed by atoms with Crippen molar-refractivity contribution in [2.24, 2.45) is 0 Å². The van der Waals surface area contributed by atoms with E-state index in [9.17, 15) is 9.59 Å². The molecule has 3 N–H and O–H groups in total. The Balaban J connectivity index is 0.00000137. The summed E-state index contributed by atoms with van der Waals surface area (Å²) in [6.07, 6.45) is 0.0240. The number of anilines is 2. The molecule has 9 nitrogen and oxygen atoms in total. The fourth-order valence-electron chi connectivity index (χ4n) is 3.35. The summed E-state index contributed by atoms with van der Waals surface area (Å²) in [6.45, 7) is -0.250. The number of hydrogen-bond acceptors (Lipinski definition) is 8. The number of nitrogens with zero attached hydrogens (tertiary/aromatic N) is 2. The van der Waals surface area contributed by atoms with Crippen LogP contribution in [-0.4, -0.2) is 57.6 Å². The molecule has 0 aliphatic carbocycles. The Labute approximate surface area is 207 Å². The lowest BCUT2D eigenvalue weighted by atomic mass is 9.95. The van der Waals surface area contributed by atoms with Crippen molar-refractivity contribution < 1.29 is 23.5 Å². The Morgan fingerprint density at radius 1 is 1.17 bits per heavy atom. The molecule has 2 aromatic carbocycles. The highest BCUT2D eigenvalue weighted by Crippen LogP contribution is 2.28. The van der Waals surface area contributed by atoms with E-state index in [-0.39, 0.29) is 30.8 Å². The number of carbonyl (C=O) groups excluding carboxylic acids is 1. The zero-order chi connectivity index (χ0) is 26.1. The highest BCUT2D eigenvalue weighted by atomic mass is 32.2. The van der Waals surface area contributed by atoms with Gasteiger partial charge in [0.05, 0.1) is 12.1 Å². The molecule has 1 heterocycles. The third-order valence-corrected chi connectivity index (χ3v) is 5.68. The topological polar surface area (TPSA) is 115 Å². The highest BCUT2D eigenvalue weighted by molar-refractivity contribution is 7.98. The fraction of sp³-hybridized carbons (Fsp3) is 0.292. The summed E-state index contributed by atoms with van der Waals surface area (Å²) in [7, 11) is 8.82. The van der Waals surface area contributed by atoms with Gasteiger partial charge in [-0.15, -0.1) is 0 Å². The fourth-order valence-corrected chi connectivity index (χ4v) is 3.72. The minimum absolute atomic E-state index is 0.00925. The van der Waals surface area contributed by atoms with Gasteiger partial charge in [0, 0.05) is 69.4 Å². The summed E-state index contributed by atoms with van der Waals surface area (Å²) in [5.41, 5.74) is 2.16. The molecule has 1 amide bonds. The highest BCUT2D eigenvalue weighted by Gasteiger charge is 2.21. The van der Waals surface area contributed by atoms with Crippen molar-refractivity contribution in [2.45, 2.75) is 12.8 Å². The van der Waals surface area contributed by atoms with Crippen molar-refractivity contribution in [3.63, 3.8) is 0 Å². The molecule has 11 heteroatoms. The minimum Gasteiger partial charge on any atom is -0.483 e. The largest absolute Gasteiger partial charge is 0.483 e. The molecule has 0 radical (unpaired) electrons. The van der Waals surface area contributed by atoms with Gasteiger partial charge in [0.25, 0.3) is 6.47 Å². The summed E-state index contributed by atoms with van der Waals surface area (Å²) in [6, 6.07) is 10.5. The quantitative estimate of drug-likeness (QED) is 0.242. The van der Waals surface area contributed by atoms with Crippen LogP contribution < -0.4 is 20.0 Å². The van der Waals surface area contributed by atoms with Crippen LogP contribution in [0.4, 0.5) is 15.8 Å². The zero-order valence-electron chi connectivity index (χ0n) is 20.2. The molecule has 0 atom stereocenters. The van der Waals surface area contributed by atoms with Crippen LogP contribution in [0.1, 0.15) is 16.7 Å². The molecule has 0 unspecified atom stereocenters. The zero-order valence-corrected chi connectivity index (χ0v) is 21.0. The maximum atomic E-state index is 15.1. The lowest BCUT2D eigenvalue weighted by Crippen LogP contribution is -2.25. The maximum absolute atomic E-state index is 15.1. The Hall–Kier alpha value is -3.57. The van der Waals surface area contributed by atoms with E-state index >= 15 is 4.39 Å². The van der Waals surface area contributed by atoms with Crippen molar-refractivity contribution >= 4 is 46.9 Å². The van der Waals surface area contributed by atoms with E-state index in [1.165, 1.54) is 4.90 Å². The molecule has 0 bridgehead atoms. The van der Waals surface area contributed by atoms with E-state index in [1.807, 2.05) is 31.1 Å². The van der Waals surface area contributed by atoms with E-state index in [4.69, 9.17) is 14.3 Å². The molecule has 3 aromatic rings. The number of benzene rings is 2. The van der Waals surface area contributed by atoms with Gasteiger partial charge in [-0.2, -0.15) is 0 Å². The van der Waals surface area contributed by atoms with Crippen LogP contribution in [0.15, 0.2) is 45.6 Å². The number of amides is 1. The monoisotopic (exact) mass is 504 g/mol. The number of hydrogen-bond donors (Lipinski definition) is 3. The smallest absolute Gasteiger partial charge is 0.340 e. The second-order valence-corrected chi connectivity index (χ2v) is 8.67. The molecule has 3 rings (SSSR count). The third-order valence-electron chi connectivity index (χ3n) is 5.16. The number of fused-ring (bicyclic) bond motifs is 1. The number of rotatable bonds is 8. The van der Waals surface area contributed by atoms with Gasteiger partial charge < -0.3 is 24.0 Å². The molecular weight excluding hydrogens is 475 g/mol. The molecule has 0 saturated carbocycles. The second kappa shape index (κ2) is 12.8. The molecule has 0 aliphatic heterocycles. The number of carbonyl (C=O) groups is 2. The first-order valence-electron chi connectivity index (χ1n) is 10.5. The number of halogens is 1. The van der Waals surface area contributed by atoms with Crippen LogP contribution in [0.5, 0.6) is 0 Å². The lowest BCUT2D eigenvalue weighted by Gasteiger charge is -2.17. The van der Waals surface area contributed by atoms with Crippen LogP contribution in [0.3, 0.4) is 0 Å². The predicted molar refractivity (Wildman–Crippen MR) is 137 cm³/mol. The van der Waals surface area contributed by atoms with Crippen molar-refractivity contribution in [3.05, 3.63) is 69.3 Å². The summed E-state index contributed by atoms with van der Waals surface area (Å²) < 4.78 is 26.4. The van der Waals surface area contributed by atoms with Gasteiger partial charge in [-0.05, 0) is 36.4 Å². The first-order chi connectivity index (χ1) is 16.6. The summed E-state index contributed by atoms with van der Waals surface area (Å²) in [4.78, 5) is 37.3. The normalized spacial score (nSPS) is 10.3. The Morgan fingerprint density at radius 3 is 2.46 bits per heavy atom. The molecule has 0 aliphatic rings. The van der Waals surface area contributed by atoms with Crippen molar-refractivity contribution in [2.75, 3.05) is 44.9 Å². The van der Waals surface area contributed by atoms with Crippen LogP contribution in [0, 0.1) is 5.82 Å². The first kappa shape index (κ1) is 27.7. The maximum Gasteiger partial charge on any atom is 0.340 e. The van der Waals surface area contributed by atoms with E-state index in [0.29, 0.717) is 27.8 Å². The molecule has 1 aromatic heterocycles. The van der Waals surface area contributed by atoms with Crippen LogP contribution >= 0.6 is 12.1 Å². The average molecular weight is 505 g/mol. The average Bonchev–Trinajstić information content (AvgIpc) is 2.81. The van der Waals surface area contributed by atoms with Gasteiger partial charge in [-0.1, -0.05) is 12.1 Å². The molecular formula is C24H29FN4O5S. The predicted octanol–water partition coefficient (Wildman–Crippen LogP) is 3.11. The SMILES string of the molecule is CNSNc1cccc(Cc2c(CC(=O)N(C)C)c3ccc(N(C)C)cc3oc2=O)c1F.O=CO. The van der Waals surface area contributed by atoms with E-state index in [0.717, 1.165) is 17.8 Å². The molecule has 188 valence electrons.